The van der Waals surface area contributed by atoms with Gasteiger partial charge >= 0.3 is 11.9 Å². The van der Waals surface area contributed by atoms with Gasteiger partial charge < -0.3 is 9.47 Å². The first-order valence-corrected chi connectivity index (χ1v) is 8.40. The minimum absolute atomic E-state index is 0.230. The summed E-state index contributed by atoms with van der Waals surface area (Å²) in [6.07, 6.45) is 4.22. The molecule has 0 N–H and O–H groups in total. The molecule has 0 saturated carbocycles. The molecule has 2 atom stereocenters. The first kappa shape index (κ1) is 17.5. The van der Waals surface area contributed by atoms with Crippen molar-refractivity contribution >= 4 is 11.9 Å². The largest absolute Gasteiger partial charge is 0.466 e. The molecule has 0 aromatic carbocycles. The minimum atomic E-state index is -0.705. The van der Waals surface area contributed by atoms with Crippen molar-refractivity contribution in [1.82, 2.24) is 0 Å². The number of methoxy groups -OCH3 is 2. The topological polar surface area (TPSA) is 52.6 Å². The van der Waals surface area contributed by atoms with Crippen molar-refractivity contribution in [3.8, 4) is 0 Å². The molecule has 2 unspecified atom stereocenters. The third kappa shape index (κ3) is 1.94. The van der Waals surface area contributed by atoms with Gasteiger partial charge in [-0.05, 0) is 45.8 Å². The highest BCUT2D eigenvalue weighted by atomic mass is 16.5. The van der Waals surface area contributed by atoms with E-state index in [9.17, 15) is 9.59 Å². The van der Waals surface area contributed by atoms with Gasteiger partial charge in [-0.25, -0.2) is 9.59 Å². The van der Waals surface area contributed by atoms with Gasteiger partial charge in [-0.2, -0.15) is 0 Å². The normalized spacial score (nSPS) is 27.9. The maximum atomic E-state index is 12.8. The van der Waals surface area contributed by atoms with Gasteiger partial charge in [0, 0.05) is 5.92 Å². The molecule has 3 aliphatic rings. The first-order chi connectivity index (χ1) is 11.7. The van der Waals surface area contributed by atoms with Gasteiger partial charge in [-0.15, -0.1) is 0 Å². The second kappa shape index (κ2) is 5.58. The summed E-state index contributed by atoms with van der Waals surface area (Å²) < 4.78 is 10.1. The Bertz CT molecular complexity index is 860. The zero-order valence-electron chi connectivity index (χ0n) is 15.9. The van der Waals surface area contributed by atoms with Crippen LogP contribution in [0.1, 0.15) is 34.6 Å². The Hall–Kier alpha value is -2.36. The fourth-order valence-corrected chi connectivity index (χ4v) is 5.01. The lowest BCUT2D eigenvalue weighted by Crippen LogP contribution is -2.31. The molecule has 132 valence electrons. The lowest BCUT2D eigenvalue weighted by molar-refractivity contribution is -0.139. The minimum Gasteiger partial charge on any atom is -0.466 e. The van der Waals surface area contributed by atoms with Gasteiger partial charge in [0.25, 0.3) is 0 Å². The summed E-state index contributed by atoms with van der Waals surface area (Å²) >= 11 is 0. The van der Waals surface area contributed by atoms with Gasteiger partial charge in [-0.3, -0.25) is 0 Å². The summed E-state index contributed by atoms with van der Waals surface area (Å²) in [7, 11) is 2.71. The second-order valence-corrected chi connectivity index (χ2v) is 7.08. The van der Waals surface area contributed by atoms with E-state index in [1.807, 2.05) is 27.7 Å². The fraction of sp³-hybridized carbons (Fsp3) is 0.429. The molecule has 4 heteroatoms. The Morgan fingerprint density at radius 1 is 0.960 bits per heavy atom. The smallest absolute Gasteiger partial charge is 0.335 e. The monoisotopic (exact) mass is 340 g/mol. The van der Waals surface area contributed by atoms with Crippen LogP contribution in [0.25, 0.3) is 0 Å². The predicted molar refractivity (Wildman–Crippen MR) is 95.6 cm³/mol. The number of allylic oxidation sites excluding steroid dienone is 8. The number of hydrogen-bond acceptors (Lipinski definition) is 4. The predicted octanol–water partition coefficient (Wildman–Crippen LogP) is 3.82. The Morgan fingerprint density at radius 3 is 2.12 bits per heavy atom. The van der Waals surface area contributed by atoms with Crippen LogP contribution in [0.4, 0.5) is 0 Å². The maximum absolute atomic E-state index is 12.8. The Kier molecular flexibility index (Phi) is 3.90. The van der Waals surface area contributed by atoms with Crippen LogP contribution in [0, 0.1) is 11.3 Å². The molecular weight excluding hydrogens is 316 g/mol. The standard InChI is InChI=1S/C21H24O4/c1-10-8-11(2)17-15-13(4)14(5)21(17,12(3)9-10)18(20(23)25-7)16(15)19(22)24-6/h8-9,15H,1-7H3. The van der Waals surface area contributed by atoms with E-state index in [1.165, 1.54) is 14.2 Å². The van der Waals surface area contributed by atoms with Crippen molar-refractivity contribution in [2.45, 2.75) is 34.6 Å². The van der Waals surface area contributed by atoms with Crippen molar-refractivity contribution < 1.29 is 19.1 Å². The zero-order chi connectivity index (χ0) is 18.7. The van der Waals surface area contributed by atoms with Crippen LogP contribution >= 0.6 is 0 Å². The molecular formula is C21H24O4. The van der Waals surface area contributed by atoms with Crippen LogP contribution < -0.4 is 0 Å². The lowest BCUT2D eigenvalue weighted by atomic mass is 9.68. The lowest BCUT2D eigenvalue weighted by Gasteiger charge is -2.34. The molecule has 0 aromatic rings. The van der Waals surface area contributed by atoms with E-state index in [0.29, 0.717) is 11.1 Å². The summed E-state index contributed by atoms with van der Waals surface area (Å²) in [6, 6.07) is 0. The van der Waals surface area contributed by atoms with Crippen LogP contribution in [-0.2, 0) is 19.1 Å². The number of carbonyl (C=O) groups is 2. The van der Waals surface area contributed by atoms with Crippen molar-refractivity contribution in [1.29, 1.82) is 0 Å². The van der Waals surface area contributed by atoms with Crippen molar-refractivity contribution in [2.24, 2.45) is 11.3 Å². The molecule has 0 aliphatic heterocycles. The van der Waals surface area contributed by atoms with Crippen LogP contribution in [0.15, 0.2) is 56.7 Å². The molecule has 2 bridgehead atoms. The van der Waals surface area contributed by atoms with E-state index in [-0.39, 0.29) is 5.92 Å². The van der Waals surface area contributed by atoms with E-state index >= 15 is 0 Å². The summed E-state index contributed by atoms with van der Waals surface area (Å²) in [5.41, 5.74) is 6.71. The van der Waals surface area contributed by atoms with E-state index < -0.39 is 17.4 Å². The van der Waals surface area contributed by atoms with Crippen LogP contribution in [0.2, 0.25) is 0 Å². The van der Waals surface area contributed by atoms with Crippen LogP contribution in [0.3, 0.4) is 0 Å². The molecule has 0 fully saturated rings. The number of esters is 2. The van der Waals surface area contributed by atoms with E-state index in [4.69, 9.17) is 9.47 Å². The summed E-state index contributed by atoms with van der Waals surface area (Å²) in [6.45, 7) is 10.2. The first-order valence-electron chi connectivity index (χ1n) is 8.40. The number of hydrogen-bond donors (Lipinski definition) is 0. The van der Waals surface area contributed by atoms with Gasteiger partial charge in [0.05, 0.1) is 30.8 Å². The SMILES string of the molecule is COC(=O)C1=C(C(=O)OC)C23C(C)=CC(C)=CC(C)=C2C1C(C)=C3C. The highest BCUT2D eigenvalue weighted by Gasteiger charge is 2.62. The van der Waals surface area contributed by atoms with Crippen molar-refractivity contribution in [2.75, 3.05) is 14.2 Å². The third-order valence-electron chi connectivity index (χ3n) is 5.91. The van der Waals surface area contributed by atoms with Crippen LogP contribution in [-0.4, -0.2) is 26.2 Å². The van der Waals surface area contributed by atoms with Gasteiger partial charge in [0.1, 0.15) is 0 Å². The quantitative estimate of drug-likeness (QED) is 0.566. The van der Waals surface area contributed by atoms with Gasteiger partial charge in [-0.1, -0.05) is 34.4 Å². The zero-order valence-corrected chi connectivity index (χ0v) is 15.9. The highest BCUT2D eigenvalue weighted by Crippen LogP contribution is 2.68. The summed E-state index contributed by atoms with van der Waals surface area (Å²) in [5.74, 6) is -1.15. The Labute approximate surface area is 148 Å². The molecule has 3 rings (SSSR count). The molecule has 25 heavy (non-hydrogen) atoms. The van der Waals surface area contributed by atoms with Crippen molar-refractivity contribution in [3.05, 3.63) is 56.7 Å². The summed E-state index contributed by atoms with van der Waals surface area (Å²) in [4.78, 5) is 25.4. The highest BCUT2D eigenvalue weighted by molar-refractivity contribution is 6.08. The van der Waals surface area contributed by atoms with Crippen molar-refractivity contribution in [3.63, 3.8) is 0 Å². The molecule has 0 spiro atoms. The fourth-order valence-electron chi connectivity index (χ4n) is 5.01. The molecule has 0 amide bonds. The second-order valence-electron chi connectivity index (χ2n) is 7.08. The molecule has 0 heterocycles. The molecule has 0 radical (unpaired) electrons. The number of carbonyl (C=O) groups excluding carboxylic acids is 2. The molecule has 0 aromatic heterocycles. The number of rotatable bonds is 2. The molecule has 3 aliphatic carbocycles. The number of ether oxygens (including phenoxy) is 2. The third-order valence-corrected chi connectivity index (χ3v) is 5.91. The van der Waals surface area contributed by atoms with E-state index in [1.54, 1.807) is 0 Å². The Balaban J connectivity index is 2.48. The van der Waals surface area contributed by atoms with E-state index in [0.717, 1.165) is 33.4 Å². The molecule has 4 nitrogen and oxygen atoms in total. The van der Waals surface area contributed by atoms with E-state index in [2.05, 4.69) is 19.1 Å². The van der Waals surface area contributed by atoms with Gasteiger partial charge in [0.2, 0.25) is 0 Å². The average molecular weight is 340 g/mol. The molecule has 0 saturated heterocycles. The van der Waals surface area contributed by atoms with Crippen LogP contribution in [0.5, 0.6) is 0 Å². The maximum Gasteiger partial charge on any atom is 0.335 e. The summed E-state index contributed by atoms with van der Waals surface area (Å²) in [5, 5.41) is 0. The average Bonchev–Trinajstić information content (AvgIpc) is 2.97. The Morgan fingerprint density at radius 2 is 1.56 bits per heavy atom. The van der Waals surface area contributed by atoms with Gasteiger partial charge in [0.15, 0.2) is 0 Å².